The Morgan fingerprint density at radius 2 is 1.96 bits per heavy atom. The second kappa shape index (κ2) is 7.18. The zero-order valence-corrected chi connectivity index (χ0v) is 14.2. The van der Waals surface area contributed by atoms with Crippen molar-refractivity contribution >= 4 is 6.08 Å². The lowest BCUT2D eigenvalue weighted by molar-refractivity contribution is 0.0839. The first-order valence-electron chi connectivity index (χ1n) is 8.71. The predicted octanol–water partition coefficient (Wildman–Crippen LogP) is 5.33. The molecule has 1 unspecified atom stereocenters. The van der Waals surface area contributed by atoms with Gasteiger partial charge in [0.15, 0.2) is 0 Å². The third-order valence-electron chi connectivity index (χ3n) is 5.09. The van der Waals surface area contributed by atoms with Crippen molar-refractivity contribution in [2.45, 2.75) is 38.1 Å². The quantitative estimate of drug-likeness (QED) is 0.655. The van der Waals surface area contributed by atoms with Crippen molar-refractivity contribution in [3.05, 3.63) is 66.1 Å². The lowest BCUT2D eigenvalue weighted by Gasteiger charge is -2.39. The first-order chi connectivity index (χ1) is 11.2. The van der Waals surface area contributed by atoms with E-state index in [1.54, 1.807) is 6.26 Å². The summed E-state index contributed by atoms with van der Waals surface area (Å²) in [6.45, 7) is 3.43. The van der Waals surface area contributed by atoms with Gasteiger partial charge in [-0.2, -0.15) is 0 Å². The molecule has 1 saturated carbocycles. The summed E-state index contributed by atoms with van der Waals surface area (Å²) in [5, 5.41) is 0. The molecule has 0 radical (unpaired) electrons. The standard InChI is InChI=1S/C21H27NO/c1-3-21(20-12-8-16-23-20,22(2)17-19-13-14-19)15-7-11-18-9-5-4-6-10-18/h4-12,16,19H,3,13-15,17H2,1-2H3. The zero-order valence-electron chi connectivity index (χ0n) is 14.2. The molecule has 23 heavy (non-hydrogen) atoms. The van der Waals surface area contributed by atoms with Crippen molar-refractivity contribution in [3.8, 4) is 0 Å². The lowest BCUT2D eigenvalue weighted by atomic mass is 9.86. The maximum atomic E-state index is 5.84. The smallest absolute Gasteiger partial charge is 0.124 e. The Balaban J connectivity index is 1.80. The minimum atomic E-state index is -0.0443. The molecule has 0 amide bonds. The Bertz CT molecular complexity index is 613. The average Bonchev–Trinajstić information content (AvgIpc) is 3.22. The van der Waals surface area contributed by atoms with Crippen LogP contribution in [0.3, 0.4) is 0 Å². The Hall–Kier alpha value is -1.80. The van der Waals surface area contributed by atoms with Gasteiger partial charge in [-0.3, -0.25) is 4.90 Å². The first-order valence-corrected chi connectivity index (χ1v) is 8.71. The second-order valence-corrected chi connectivity index (χ2v) is 6.70. The molecule has 2 aromatic rings. The van der Waals surface area contributed by atoms with E-state index in [0.29, 0.717) is 0 Å². The number of rotatable bonds is 8. The Labute approximate surface area is 139 Å². The van der Waals surface area contributed by atoms with Crippen LogP contribution in [0.1, 0.15) is 43.9 Å². The summed E-state index contributed by atoms with van der Waals surface area (Å²) in [6.07, 6.45) is 11.1. The van der Waals surface area contributed by atoms with Gasteiger partial charge < -0.3 is 4.42 Å². The van der Waals surface area contributed by atoms with E-state index in [1.807, 2.05) is 6.07 Å². The SMILES string of the molecule is CCC(CC=Cc1ccccc1)(c1ccco1)N(C)CC1CC1. The highest BCUT2D eigenvalue weighted by molar-refractivity contribution is 5.48. The highest BCUT2D eigenvalue weighted by atomic mass is 16.3. The molecule has 0 spiro atoms. The molecular weight excluding hydrogens is 282 g/mol. The van der Waals surface area contributed by atoms with Gasteiger partial charge in [-0.05, 0) is 56.3 Å². The van der Waals surface area contributed by atoms with Crippen LogP contribution in [0.5, 0.6) is 0 Å². The Morgan fingerprint density at radius 3 is 2.57 bits per heavy atom. The van der Waals surface area contributed by atoms with Crippen molar-refractivity contribution in [2.75, 3.05) is 13.6 Å². The summed E-state index contributed by atoms with van der Waals surface area (Å²) in [6, 6.07) is 14.6. The third-order valence-corrected chi connectivity index (χ3v) is 5.09. The van der Waals surface area contributed by atoms with Crippen LogP contribution in [0.2, 0.25) is 0 Å². The summed E-state index contributed by atoms with van der Waals surface area (Å²) in [5.41, 5.74) is 1.21. The molecule has 1 fully saturated rings. The van der Waals surface area contributed by atoms with Crippen LogP contribution in [0.25, 0.3) is 6.08 Å². The maximum absolute atomic E-state index is 5.84. The Kier molecular flexibility index (Phi) is 5.02. The molecule has 1 aromatic carbocycles. The van der Waals surface area contributed by atoms with Crippen molar-refractivity contribution in [1.29, 1.82) is 0 Å². The summed E-state index contributed by atoms with van der Waals surface area (Å²) >= 11 is 0. The van der Waals surface area contributed by atoms with E-state index in [2.05, 4.69) is 67.4 Å². The monoisotopic (exact) mass is 309 g/mol. The normalized spacial score (nSPS) is 17.7. The minimum absolute atomic E-state index is 0.0443. The van der Waals surface area contributed by atoms with E-state index in [9.17, 15) is 0 Å². The molecule has 0 N–H and O–H groups in total. The number of benzene rings is 1. The van der Waals surface area contributed by atoms with Gasteiger partial charge in [-0.1, -0.05) is 49.4 Å². The van der Waals surface area contributed by atoms with E-state index >= 15 is 0 Å². The molecule has 2 heteroatoms. The van der Waals surface area contributed by atoms with Crippen molar-refractivity contribution in [1.82, 2.24) is 4.90 Å². The number of hydrogen-bond acceptors (Lipinski definition) is 2. The zero-order chi connectivity index (χ0) is 16.1. The van der Waals surface area contributed by atoms with Crippen LogP contribution in [0, 0.1) is 5.92 Å². The van der Waals surface area contributed by atoms with Gasteiger partial charge in [0, 0.05) is 6.54 Å². The van der Waals surface area contributed by atoms with E-state index in [-0.39, 0.29) is 5.54 Å². The first kappa shape index (κ1) is 16.1. The molecule has 1 aromatic heterocycles. The van der Waals surface area contributed by atoms with Crippen LogP contribution in [0.15, 0.2) is 59.2 Å². The largest absolute Gasteiger partial charge is 0.467 e. The molecule has 3 rings (SSSR count). The van der Waals surface area contributed by atoms with E-state index in [1.165, 1.54) is 18.4 Å². The fourth-order valence-electron chi connectivity index (χ4n) is 3.39. The molecule has 1 aliphatic rings. The molecule has 0 aliphatic heterocycles. The van der Waals surface area contributed by atoms with Crippen LogP contribution in [-0.4, -0.2) is 18.5 Å². The van der Waals surface area contributed by atoms with Gasteiger partial charge in [-0.15, -0.1) is 0 Å². The van der Waals surface area contributed by atoms with Crippen molar-refractivity contribution in [3.63, 3.8) is 0 Å². The summed E-state index contributed by atoms with van der Waals surface area (Å²) in [7, 11) is 2.25. The van der Waals surface area contributed by atoms with E-state index < -0.39 is 0 Å². The Morgan fingerprint density at radius 1 is 1.17 bits per heavy atom. The molecule has 1 aliphatic carbocycles. The highest BCUT2D eigenvalue weighted by Gasteiger charge is 2.38. The fourth-order valence-corrected chi connectivity index (χ4v) is 3.39. The number of furan rings is 1. The number of nitrogens with zero attached hydrogens (tertiary/aromatic N) is 1. The van der Waals surface area contributed by atoms with Gasteiger partial charge in [0.2, 0.25) is 0 Å². The predicted molar refractivity (Wildman–Crippen MR) is 96.1 cm³/mol. The minimum Gasteiger partial charge on any atom is -0.467 e. The second-order valence-electron chi connectivity index (χ2n) is 6.70. The summed E-state index contributed by atoms with van der Waals surface area (Å²) < 4.78 is 5.84. The maximum Gasteiger partial charge on any atom is 0.124 e. The van der Waals surface area contributed by atoms with Gasteiger partial charge in [0.05, 0.1) is 11.8 Å². The fraction of sp³-hybridized carbons (Fsp3) is 0.429. The van der Waals surface area contributed by atoms with Gasteiger partial charge in [0.1, 0.15) is 5.76 Å². The lowest BCUT2D eigenvalue weighted by Crippen LogP contribution is -2.44. The molecule has 1 atom stereocenters. The average molecular weight is 309 g/mol. The van der Waals surface area contributed by atoms with Crippen LogP contribution >= 0.6 is 0 Å². The third kappa shape index (κ3) is 3.76. The van der Waals surface area contributed by atoms with Crippen molar-refractivity contribution < 1.29 is 4.42 Å². The van der Waals surface area contributed by atoms with Crippen LogP contribution in [0.4, 0.5) is 0 Å². The number of hydrogen-bond donors (Lipinski definition) is 0. The summed E-state index contributed by atoms with van der Waals surface area (Å²) in [4.78, 5) is 2.51. The topological polar surface area (TPSA) is 16.4 Å². The van der Waals surface area contributed by atoms with E-state index in [4.69, 9.17) is 4.42 Å². The molecule has 2 nitrogen and oxygen atoms in total. The van der Waals surface area contributed by atoms with Crippen LogP contribution < -0.4 is 0 Å². The van der Waals surface area contributed by atoms with Gasteiger partial charge >= 0.3 is 0 Å². The molecular formula is C21H27NO. The highest BCUT2D eigenvalue weighted by Crippen LogP contribution is 2.39. The van der Waals surface area contributed by atoms with Crippen LogP contribution in [-0.2, 0) is 5.54 Å². The van der Waals surface area contributed by atoms with Crippen molar-refractivity contribution in [2.24, 2.45) is 5.92 Å². The van der Waals surface area contributed by atoms with E-state index in [0.717, 1.165) is 31.1 Å². The van der Waals surface area contributed by atoms with Gasteiger partial charge in [-0.25, -0.2) is 0 Å². The van der Waals surface area contributed by atoms with Gasteiger partial charge in [0.25, 0.3) is 0 Å². The molecule has 122 valence electrons. The molecule has 1 heterocycles. The molecule has 0 bridgehead atoms. The summed E-state index contributed by atoms with van der Waals surface area (Å²) in [5.74, 6) is 1.96. The molecule has 0 saturated heterocycles.